The predicted molar refractivity (Wildman–Crippen MR) is 110 cm³/mol. The zero-order chi connectivity index (χ0) is 18.0. The molecule has 0 spiro atoms. The van der Waals surface area contributed by atoms with E-state index in [-0.39, 0.29) is 0 Å². The molecule has 0 aliphatic heterocycles. The summed E-state index contributed by atoms with van der Waals surface area (Å²) in [5, 5.41) is 2.48. The Morgan fingerprint density at radius 1 is 0.720 bits per heavy atom. The quantitative estimate of drug-likeness (QED) is 0.630. The number of rotatable bonds is 2. The minimum absolute atomic E-state index is 1.04. The van der Waals surface area contributed by atoms with E-state index in [1.807, 2.05) is 0 Å². The highest BCUT2D eigenvalue weighted by molar-refractivity contribution is 6.05. The molecule has 126 valence electrons. The Hall–Kier alpha value is -2.92. The summed E-state index contributed by atoms with van der Waals surface area (Å²) in [4.78, 5) is 4.32. The van der Waals surface area contributed by atoms with E-state index in [1.54, 1.807) is 0 Å². The number of hydrogen-bond acceptors (Lipinski definition) is 2. The Labute approximate surface area is 150 Å². The molecular formula is C23H24N2. The lowest BCUT2D eigenvalue weighted by atomic mass is 10.0. The van der Waals surface area contributed by atoms with Gasteiger partial charge in [0.1, 0.15) is 0 Å². The fourth-order valence-corrected chi connectivity index (χ4v) is 3.06. The van der Waals surface area contributed by atoms with Crippen molar-refractivity contribution in [1.82, 2.24) is 0 Å². The SMILES string of the molecule is Cc1ccc(C#Cc2ccc3cccc(N(C)C)c3c2N(C)C)cc1. The highest BCUT2D eigenvalue weighted by Gasteiger charge is 2.13. The number of nitrogens with zero attached hydrogens (tertiary/aromatic N) is 2. The lowest BCUT2D eigenvalue weighted by Gasteiger charge is -2.23. The minimum atomic E-state index is 1.04. The molecule has 0 amide bonds. The van der Waals surface area contributed by atoms with Crippen LogP contribution in [0.1, 0.15) is 16.7 Å². The van der Waals surface area contributed by atoms with Gasteiger partial charge in [0.2, 0.25) is 0 Å². The van der Waals surface area contributed by atoms with Crippen molar-refractivity contribution < 1.29 is 0 Å². The fourth-order valence-electron chi connectivity index (χ4n) is 3.06. The third-order valence-corrected chi connectivity index (χ3v) is 4.32. The summed E-state index contributed by atoms with van der Waals surface area (Å²) in [6.45, 7) is 2.09. The molecule has 0 aromatic heterocycles. The van der Waals surface area contributed by atoms with Crippen LogP contribution in [-0.2, 0) is 0 Å². The van der Waals surface area contributed by atoms with Crippen LogP contribution in [0.5, 0.6) is 0 Å². The average molecular weight is 328 g/mol. The monoisotopic (exact) mass is 328 g/mol. The summed E-state index contributed by atoms with van der Waals surface area (Å²) in [6, 6.07) is 19.1. The van der Waals surface area contributed by atoms with E-state index in [0.29, 0.717) is 0 Å². The van der Waals surface area contributed by atoms with Crippen molar-refractivity contribution in [2.24, 2.45) is 0 Å². The lowest BCUT2D eigenvalue weighted by Crippen LogP contribution is -2.14. The molecule has 0 heterocycles. The van der Waals surface area contributed by atoms with Crippen molar-refractivity contribution in [1.29, 1.82) is 0 Å². The molecule has 0 saturated heterocycles. The number of benzene rings is 3. The van der Waals surface area contributed by atoms with Crippen LogP contribution < -0.4 is 9.80 Å². The van der Waals surface area contributed by atoms with Crippen LogP contribution in [0.4, 0.5) is 11.4 Å². The molecule has 2 heteroatoms. The Morgan fingerprint density at radius 3 is 2.08 bits per heavy atom. The summed E-state index contributed by atoms with van der Waals surface area (Å²) in [5.74, 6) is 6.69. The molecule has 0 aliphatic carbocycles. The van der Waals surface area contributed by atoms with Crippen LogP contribution in [0.2, 0.25) is 0 Å². The fraction of sp³-hybridized carbons (Fsp3) is 0.217. The molecular weight excluding hydrogens is 304 g/mol. The van der Waals surface area contributed by atoms with Crippen LogP contribution >= 0.6 is 0 Å². The van der Waals surface area contributed by atoms with Crippen molar-refractivity contribution in [3.63, 3.8) is 0 Å². The van der Waals surface area contributed by atoms with Gasteiger partial charge in [0.05, 0.1) is 5.69 Å². The standard InChI is InChI=1S/C23H24N2/c1-17-9-11-18(12-10-17)13-14-20-16-15-19-7-6-8-21(24(2)3)22(19)23(20)25(4)5/h6-12,15-16H,1-5H3. The van der Waals surface area contributed by atoms with Gasteiger partial charge in [-0.2, -0.15) is 0 Å². The van der Waals surface area contributed by atoms with Gasteiger partial charge in [-0.1, -0.05) is 47.7 Å². The molecule has 0 unspecified atom stereocenters. The first-order valence-electron chi connectivity index (χ1n) is 8.46. The molecule has 0 bridgehead atoms. The molecule has 3 aromatic carbocycles. The molecule has 2 nitrogen and oxygen atoms in total. The zero-order valence-corrected chi connectivity index (χ0v) is 15.6. The lowest BCUT2D eigenvalue weighted by molar-refractivity contribution is 1.12. The third kappa shape index (κ3) is 3.46. The Balaban J connectivity index is 2.21. The zero-order valence-electron chi connectivity index (χ0n) is 15.6. The van der Waals surface area contributed by atoms with Crippen molar-refractivity contribution in [2.45, 2.75) is 6.92 Å². The van der Waals surface area contributed by atoms with Crippen LogP contribution in [0.25, 0.3) is 10.8 Å². The van der Waals surface area contributed by atoms with Crippen LogP contribution in [-0.4, -0.2) is 28.2 Å². The molecule has 0 N–H and O–H groups in total. The van der Waals surface area contributed by atoms with Crippen molar-refractivity contribution >= 4 is 22.1 Å². The normalized spacial score (nSPS) is 10.3. The van der Waals surface area contributed by atoms with Crippen LogP contribution in [0, 0.1) is 18.8 Å². The molecule has 0 radical (unpaired) electrons. The molecule has 3 aromatic rings. The van der Waals surface area contributed by atoms with Crippen LogP contribution in [0.15, 0.2) is 54.6 Å². The second-order valence-electron chi connectivity index (χ2n) is 6.74. The van der Waals surface area contributed by atoms with E-state index in [9.17, 15) is 0 Å². The summed E-state index contributed by atoms with van der Waals surface area (Å²) in [5.41, 5.74) is 5.71. The van der Waals surface area contributed by atoms with E-state index < -0.39 is 0 Å². The third-order valence-electron chi connectivity index (χ3n) is 4.32. The molecule has 25 heavy (non-hydrogen) atoms. The van der Waals surface area contributed by atoms with Gasteiger partial charge in [-0.05, 0) is 36.6 Å². The van der Waals surface area contributed by atoms with Crippen LogP contribution in [0.3, 0.4) is 0 Å². The highest BCUT2D eigenvalue weighted by Crippen LogP contribution is 2.36. The van der Waals surface area contributed by atoms with E-state index in [4.69, 9.17) is 0 Å². The topological polar surface area (TPSA) is 6.48 Å². The summed E-state index contributed by atoms with van der Waals surface area (Å²) in [6.07, 6.45) is 0. The first-order valence-corrected chi connectivity index (χ1v) is 8.46. The van der Waals surface area contributed by atoms with Gasteiger partial charge in [0.25, 0.3) is 0 Å². The van der Waals surface area contributed by atoms with Crippen molar-refractivity contribution in [3.8, 4) is 11.8 Å². The van der Waals surface area contributed by atoms with Gasteiger partial charge in [-0.15, -0.1) is 0 Å². The van der Waals surface area contributed by atoms with Gasteiger partial charge < -0.3 is 9.80 Å². The molecule has 0 saturated carbocycles. The van der Waals surface area contributed by atoms with Gasteiger partial charge in [-0.3, -0.25) is 0 Å². The number of hydrogen-bond donors (Lipinski definition) is 0. The second kappa shape index (κ2) is 6.91. The maximum absolute atomic E-state index is 3.38. The first kappa shape index (κ1) is 16.9. The largest absolute Gasteiger partial charge is 0.377 e. The highest BCUT2D eigenvalue weighted by atomic mass is 15.1. The number of aryl methyl sites for hydroxylation is 1. The second-order valence-corrected chi connectivity index (χ2v) is 6.74. The van der Waals surface area contributed by atoms with E-state index in [2.05, 4.69) is 111 Å². The summed E-state index contributed by atoms with van der Waals surface area (Å²) < 4.78 is 0. The molecule has 3 rings (SSSR count). The van der Waals surface area contributed by atoms with E-state index in [0.717, 1.165) is 11.1 Å². The maximum Gasteiger partial charge on any atom is 0.0620 e. The predicted octanol–water partition coefficient (Wildman–Crippen LogP) is 4.68. The van der Waals surface area contributed by atoms with Gasteiger partial charge in [-0.25, -0.2) is 0 Å². The number of fused-ring (bicyclic) bond motifs is 1. The van der Waals surface area contributed by atoms with Gasteiger partial charge in [0, 0.05) is 50.4 Å². The summed E-state index contributed by atoms with van der Waals surface area (Å²) in [7, 11) is 8.33. The minimum Gasteiger partial charge on any atom is -0.377 e. The van der Waals surface area contributed by atoms with E-state index in [1.165, 1.54) is 27.7 Å². The summed E-state index contributed by atoms with van der Waals surface area (Å²) >= 11 is 0. The number of anilines is 2. The molecule has 0 atom stereocenters. The molecule has 0 fully saturated rings. The maximum atomic E-state index is 3.38. The molecule has 0 aliphatic rings. The van der Waals surface area contributed by atoms with Crippen molar-refractivity contribution in [2.75, 3.05) is 38.0 Å². The van der Waals surface area contributed by atoms with Gasteiger partial charge >= 0.3 is 0 Å². The smallest absolute Gasteiger partial charge is 0.0620 e. The Bertz CT molecular complexity index is 955. The first-order chi connectivity index (χ1) is 12.0. The van der Waals surface area contributed by atoms with Gasteiger partial charge in [0.15, 0.2) is 0 Å². The Morgan fingerprint density at radius 2 is 1.44 bits per heavy atom. The van der Waals surface area contributed by atoms with Crippen molar-refractivity contribution in [3.05, 3.63) is 71.3 Å². The van der Waals surface area contributed by atoms with E-state index >= 15 is 0 Å². The average Bonchev–Trinajstić information content (AvgIpc) is 2.59. The Kier molecular flexibility index (Phi) is 4.67.